The molecule has 5 N–H and O–H groups in total. The highest BCUT2D eigenvalue weighted by atomic mass is 35.5. The van der Waals surface area contributed by atoms with Crippen LogP contribution >= 0.6 is 23.2 Å². The van der Waals surface area contributed by atoms with Crippen molar-refractivity contribution in [2.75, 3.05) is 11.6 Å². The molecular weight excluding hydrogens is 1030 g/mol. The van der Waals surface area contributed by atoms with Crippen LogP contribution in [0, 0.1) is 11.6 Å². The molecule has 0 aliphatic carbocycles. The number of fused-ring (bicyclic) bond motifs is 2. The molecule has 381 valence electrons. The summed E-state index contributed by atoms with van der Waals surface area (Å²) in [5.41, 5.74) is 5.72. The Kier molecular flexibility index (Phi) is 21.1. The number of nitrogens with zero attached hydrogens (tertiary/aromatic N) is 6. The molecule has 0 saturated carbocycles. The molecule has 0 spiro atoms. The van der Waals surface area contributed by atoms with Crippen molar-refractivity contribution in [3.8, 4) is 33.6 Å². The van der Waals surface area contributed by atoms with Gasteiger partial charge in [-0.1, -0.05) is 59.6 Å². The summed E-state index contributed by atoms with van der Waals surface area (Å²) in [7, 11) is 23.8. The van der Waals surface area contributed by atoms with Crippen molar-refractivity contribution in [1.29, 1.82) is 0 Å². The van der Waals surface area contributed by atoms with Crippen LogP contribution in [0.3, 0.4) is 0 Å². The third-order valence-electron chi connectivity index (χ3n) is 11.9. The van der Waals surface area contributed by atoms with Crippen LogP contribution in [-0.2, 0) is 9.84 Å². The Morgan fingerprint density at radius 1 is 0.675 bits per heavy atom. The largest absolute Gasteiger partial charge is 0.389 e. The van der Waals surface area contributed by atoms with E-state index in [1.807, 2.05) is 0 Å². The summed E-state index contributed by atoms with van der Waals surface area (Å²) in [5.74, 6) is -0.628. The predicted molar refractivity (Wildman–Crippen MR) is 315 cm³/mol. The molecule has 4 aromatic heterocycles. The zero-order valence-electron chi connectivity index (χ0n) is 43.1. The lowest BCUT2D eigenvalue weighted by Crippen LogP contribution is -2.55. The molecule has 0 amide bonds. The summed E-state index contributed by atoms with van der Waals surface area (Å²) >= 11 is 12.6. The SMILES string of the molecule is CS(=O)(=O)c1ncc2cc(-c3ccccc3Cl)c(=O)n(-c3ccc(F)cc3)c2n1.C[C@H](N)C(C)(C)O.C[C@H](Nc1ncc2cc(-c3ccccc3Cl)c(=O)n(-c3ccc(F)cc3)c2n1)C(C)(C)O.[B][B]B(B([B])[B])B([B])[B]. The van der Waals surface area contributed by atoms with Crippen LogP contribution in [0.1, 0.15) is 41.5 Å². The third-order valence-corrected chi connectivity index (χ3v) is 13.4. The van der Waals surface area contributed by atoms with Gasteiger partial charge in [0, 0.05) is 133 Å². The average Bonchev–Trinajstić information content (AvgIpc) is 3.35. The standard InChI is InChI=1S/C24H22ClFN4O2.C20H13ClFN3O3S.C5H13NO.B9/c1-14(24(2,3)32)28-23-27-13-15-12-19(18-6-4-5-7-20(18)25)22(31)30(21(15)29-23)17-10-8-16(26)9-11-17;1-29(27,28)20-23-11-12-10-16(15-4-2-3-5-17(15)21)19(26)25(18(12)24-20)14-8-6-13(22)7-9-14;1-4(6)5(2,3)7;1-6-9(7(2)3)8(4)5/h4-14,32H,1-3H3,(H,27,28,29);2-11H,1H3;4,7H,6H2,1-3H3;/t14-;;4-;/m0.0./s1. The molecule has 0 saturated heterocycles. The Morgan fingerprint density at radius 2 is 1.06 bits per heavy atom. The number of pyridine rings is 2. The molecule has 4 heterocycles. The summed E-state index contributed by atoms with van der Waals surface area (Å²) in [6.07, 6.45) is 2.45. The molecule has 11 radical (unpaired) electrons. The fourth-order valence-corrected chi connectivity index (χ4v) is 7.69. The van der Waals surface area contributed by atoms with E-state index in [0.29, 0.717) is 54.5 Å². The summed E-state index contributed by atoms with van der Waals surface area (Å²) in [6, 6.07) is 27.5. The molecule has 0 unspecified atom stereocenters. The van der Waals surface area contributed by atoms with Gasteiger partial charge in [-0.05, 0) is 114 Å². The van der Waals surface area contributed by atoms with Crippen molar-refractivity contribution in [3.63, 3.8) is 0 Å². The minimum Gasteiger partial charge on any atom is -0.389 e. The number of aromatic nitrogens is 6. The minimum absolute atomic E-state index is 0.0906. The Hall–Kier alpha value is -5.89. The summed E-state index contributed by atoms with van der Waals surface area (Å²) in [6.45, 7) is 10.3. The van der Waals surface area contributed by atoms with Crippen LogP contribution < -0.4 is 22.2 Å². The fraction of sp³-hybridized carbons (Fsp3) is 0.224. The molecule has 0 bridgehead atoms. The number of benzene rings is 4. The highest BCUT2D eigenvalue weighted by Gasteiger charge is 2.25. The second kappa shape index (κ2) is 26.2. The fourth-order valence-electron chi connectivity index (χ4n) is 6.71. The number of nitrogens with two attached hydrogens (primary N) is 1. The van der Waals surface area contributed by atoms with Gasteiger partial charge in [0.15, 0.2) is 11.3 Å². The van der Waals surface area contributed by atoms with E-state index in [2.05, 4.69) is 25.3 Å². The number of sulfone groups is 1. The Labute approximate surface area is 464 Å². The number of halogens is 4. The molecule has 4 aromatic carbocycles. The van der Waals surface area contributed by atoms with Crippen LogP contribution in [0.25, 0.3) is 55.7 Å². The quantitative estimate of drug-likeness (QED) is 0.0928. The number of nitrogens with one attached hydrogen (secondary N) is 1. The van der Waals surface area contributed by atoms with Crippen LogP contribution in [0.5, 0.6) is 0 Å². The van der Waals surface area contributed by atoms with E-state index in [0.717, 1.165) is 6.26 Å². The topological polar surface area (TPSA) is 208 Å². The second-order valence-corrected chi connectivity index (χ2v) is 21.6. The van der Waals surface area contributed by atoms with Crippen LogP contribution in [0.4, 0.5) is 14.7 Å². The molecule has 8 aromatic rings. The molecule has 8 rings (SSSR count). The Morgan fingerprint density at radius 3 is 1.40 bits per heavy atom. The smallest absolute Gasteiger partial charge is 0.264 e. The van der Waals surface area contributed by atoms with Crippen molar-refractivity contribution in [3.05, 3.63) is 164 Å². The van der Waals surface area contributed by atoms with E-state index in [1.165, 1.54) is 70.9 Å². The lowest BCUT2D eigenvalue weighted by molar-refractivity contribution is 0.0581. The maximum atomic E-state index is 13.6. The first-order valence-corrected chi connectivity index (χ1v) is 26.2. The maximum Gasteiger partial charge on any atom is 0.264 e. The van der Waals surface area contributed by atoms with Gasteiger partial charge in [-0.2, -0.15) is 9.97 Å². The van der Waals surface area contributed by atoms with E-state index >= 15 is 0 Å². The van der Waals surface area contributed by atoms with Gasteiger partial charge in [0.2, 0.25) is 20.9 Å². The van der Waals surface area contributed by atoms with Gasteiger partial charge in [-0.3, -0.25) is 18.7 Å². The van der Waals surface area contributed by atoms with Gasteiger partial charge in [0.05, 0.1) is 28.6 Å². The lowest BCUT2D eigenvalue weighted by atomic mass is 8.64. The number of hydrogen-bond acceptors (Lipinski definition) is 12. The normalized spacial score (nSPS) is 12.1. The molecule has 14 nitrogen and oxygen atoms in total. The Balaban J connectivity index is 0.000000222. The Bertz CT molecular complexity index is 3570. The number of aliphatic hydroxyl groups is 2. The van der Waals surface area contributed by atoms with Crippen molar-refractivity contribution in [1.82, 2.24) is 29.1 Å². The highest BCUT2D eigenvalue weighted by Crippen LogP contribution is 2.30. The molecular formula is C49H48B9Cl2F2N8O6S. The number of hydrogen-bond donors (Lipinski definition) is 4. The van der Waals surface area contributed by atoms with Gasteiger partial charge in [0.25, 0.3) is 11.1 Å². The average molecular weight is 1080 g/mol. The van der Waals surface area contributed by atoms with E-state index in [9.17, 15) is 31.9 Å². The van der Waals surface area contributed by atoms with Crippen LogP contribution in [0.2, 0.25) is 10.0 Å². The van der Waals surface area contributed by atoms with Crippen molar-refractivity contribution in [2.45, 2.75) is 70.0 Å². The van der Waals surface area contributed by atoms with Gasteiger partial charge >= 0.3 is 0 Å². The molecule has 0 aliphatic rings. The third kappa shape index (κ3) is 16.1. The second-order valence-electron chi connectivity index (χ2n) is 18.9. The van der Waals surface area contributed by atoms with Gasteiger partial charge in [0.1, 0.15) is 11.6 Å². The van der Waals surface area contributed by atoms with Gasteiger partial charge in [-0.25, -0.2) is 27.2 Å². The van der Waals surface area contributed by atoms with Crippen molar-refractivity contribution < 1.29 is 27.4 Å². The first-order valence-electron chi connectivity index (χ1n) is 23.6. The first kappa shape index (κ1) is 62.0. The van der Waals surface area contributed by atoms with E-state index in [1.54, 1.807) is 108 Å². The zero-order chi connectivity index (χ0) is 57.3. The molecule has 77 heavy (non-hydrogen) atoms. The van der Waals surface area contributed by atoms with E-state index in [-0.39, 0.29) is 41.2 Å². The first-order chi connectivity index (χ1) is 35.9. The summed E-state index contributed by atoms with van der Waals surface area (Å²) < 4.78 is 53.4. The number of anilines is 1. The summed E-state index contributed by atoms with van der Waals surface area (Å²) in [4.78, 5) is 43.9. The maximum absolute atomic E-state index is 13.6. The minimum atomic E-state index is -3.70. The van der Waals surface area contributed by atoms with E-state index in [4.69, 9.17) is 72.7 Å². The van der Waals surface area contributed by atoms with Crippen molar-refractivity contribution in [2.24, 2.45) is 5.73 Å². The van der Waals surface area contributed by atoms with Gasteiger partial charge < -0.3 is 21.3 Å². The van der Waals surface area contributed by atoms with Crippen LogP contribution in [-0.4, -0.2) is 142 Å². The monoisotopic (exact) mass is 1080 g/mol. The molecule has 2 atom stereocenters. The highest BCUT2D eigenvalue weighted by molar-refractivity contribution is 7.93. The molecule has 0 fully saturated rings. The lowest BCUT2D eigenvalue weighted by Gasteiger charge is -2.26. The summed E-state index contributed by atoms with van der Waals surface area (Å²) in [5, 5.41) is 23.7. The predicted octanol–water partition coefficient (Wildman–Crippen LogP) is 5.13. The number of rotatable bonds is 12. The zero-order valence-corrected chi connectivity index (χ0v) is 45.4. The molecule has 0 aliphatic heterocycles. The van der Waals surface area contributed by atoms with E-state index < -0.39 is 56.2 Å². The van der Waals surface area contributed by atoms with Crippen LogP contribution in [0.15, 0.2) is 136 Å². The van der Waals surface area contributed by atoms with Crippen molar-refractivity contribution >= 4 is 126 Å². The van der Waals surface area contributed by atoms with Gasteiger partial charge in [-0.15, -0.1) is 0 Å². The molecule has 28 heteroatoms.